The minimum atomic E-state index is -0.504. The van der Waals surface area contributed by atoms with Gasteiger partial charge in [-0.1, -0.05) is 34.1 Å². The van der Waals surface area contributed by atoms with Gasteiger partial charge in [-0.15, -0.1) is 11.8 Å². The lowest BCUT2D eigenvalue weighted by molar-refractivity contribution is 0.184. The van der Waals surface area contributed by atoms with Crippen molar-refractivity contribution in [3.8, 4) is 11.8 Å². The maximum absolute atomic E-state index is 9.95. The number of hydrogen-bond acceptors (Lipinski definition) is 1. The van der Waals surface area contributed by atoms with Gasteiger partial charge in [0.2, 0.25) is 0 Å². The average molecular weight is 289 g/mol. The Bertz CT molecular complexity index is 593. The van der Waals surface area contributed by atoms with Gasteiger partial charge in [-0.3, -0.25) is 0 Å². The highest BCUT2D eigenvalue weighted by atomic mass is 79.9. The normalized spacial score (nSPS) is 11.9. The van der Waals surface area contributed by atoms with Gasteiger partial charge in [0.1, 0.15) is 0 Å². The maximum Gasteiger partial charge on any atom is 0.0899 e. The third-order valence-electron chi connectivity index (χ3n) is 2.68. The van der Waals surface area contributed by atoms with E-state index >= 15 is 0 Å². The highest BCUT2D eigenvalue weighted by Gasteiger charge is 2.06. The first-order chi connectivity index (χ1) is 8.20. The van der Waals surface area contributed by atoms with Gasteiger partial charge in [-0.2, -0.15) is 0 Å². The summed E-state index contributed by atoms with van der Waals surface area (Å²) in [6.45, 7) is 1.78. The molecule has 0 amide bonds. The minimum absolute atomic E-state index is 0.485. The van der Waals surface area contributed by atoms with E-state index in [0.717, 1.165) is 20.8 Å². The SMILES string of the molecule is CC#CCC(O)c1ccc2cc(Br)ccc2c1. The molecule has 0 fully saturated rings. The Labute approximate surface area is 110 Å². The smallest absolute Gasteiger partial charge is 0.0899 e. The average Bonchev–Trinajstić information content (AvgIpc) is 2.35. The molecule has 2 aromatic carbocycles. The van der Waals surface area contributed by atoms with Gasteiger partial charge in [0, 0.05) is 10.9 Å². The Morgan fingerprint density at radius 2 is 1.88 bits per heavy atom. The van der Waals surface area contributed by atoms with E-state index in [9.17, 15) is 5.11 Å². The highest BCUT2D eigenvalue weighted by molar-refractivity contribution is 9.10. The van der Waals surface area contributed by atoms with Crippen LogP contribution in [0.25, 0.3) is 10.8 Å². The number of aliphatic hydroxyl groups is 1. The van der Waals surface area contributed by atoms with Crippen LogP contribution in [0.2, 0.25) is 0 Å². The van der Waals surface area contributed by atoms with Crippen molar-refractivity contribution in [1.29, 1.82) is 0 Å². The summed E-state index contributed by atoms with van der Waals surface area (Å²) in [5.74, 6) is 5.69. The Hall–Kier alpha value is -1.30. The molecule has 0 saturated heterocycles. The largest absolute Gasteiger partial charge is 0.387 e. The van der Waals surface area contributed by atoms with Gasteiger partial charge in [0.05, 0.1) is 6.10 Å². The second kappa shape index (κ2) is 5.35. The fourth-order valence-corrected chi connectivity index (χ4v) is 2.14. The molecule has 0 aromatic heterocycles. The van der Waals surface area contributed by atoms with Crippen LogP contribution in [0.3, 0.4) is 0 Å². The van der Waals surface area contributed by atoms with E-state index in [1.54, 1.807) is 6.92 Å². The summed E-state index contributed by atoms with van der Waals surface area (Å²) >= 11 is 3.45. The van der Waals surface area contributed by atoms with Crippen LogP contribution in [-0.4, -0.2) is 5.11 Å². The molecule has 1 atom stereocenters. The first-order valence-corrected chi connectivity index (χ1v) is 6.27. The standard InChI is InChI=1S/C15H13BrO/c1-2-3-4-15(17)13-6-5-12-10-14(16)8-7-11(12)9-13/h5-10,15,17H,4H2,1H3. The van der Waals surface area contributed by atoms with Crippen LogP contribution in [-0.2, 0) is 0 Å². The molecule has 0 radical (unpaired) electrons. The van der Waals surface area contributed by atoms with Crippen LogP contribution in [0.1, 0.15) is 25.0 Å². The van der Waals surface area contributed by atoms with Crippen molar-refractivity contribution in [2.45, 2.75) is 19.4 Å². The third kappa shape index (κ3) is 2.88. The van der Waals surface area contributed by atoms with E-state index in [-0.39, 0.29) is 0 Å². The summed E-state index contributed by atoms with van der Waals surface area (Å²) < 4.78 is 1.06. The van der Waals surface area contributed by atoms with Crippen molar-refractivity contribution in [1.82, 2.24) is 0 Å². The highest BCUT2D eigenvalue weighted by Crippen LogP contribution is 2.24. The zero-order valence-corrected chi connectivity index (χ0v) is 11.2. The fraction of sp³-hybridized carbons (Fsp3) is 0.200. The molecule has 0 aliphatic carbocycles. The Morgan fingerprint density at radius 3 is 2.65 bits per heavy atom. The van der Waals surface area contributed by atoms with Crippen LogP contribution in [0.5, 0.6) is 0 Å². The molecular formula is C15H13BrO. The molecule has 0 bridgehead atoms. The lowest BCUT2D eigenvalue weighted by Crippen LogP contribution is -1.95. The molecule has 0 aliphatic rings. The van der Waals surface area contributed by atoms with Crippen molar-refractivity contribution in [3.05, 3.63) is 46.4 Å². The van der Waals surface area contributed by atoms with Crippen LogP contribution in [0.4, 0.5) is 0 Å². The van der Waals surface area contributed by atoms with Crippen LogP contribution in [0, 0.1) is 11.8 Å². The molecule has 1 nitrogen and oxygen atoms in total. The quantitative estimate of drug-likeness (QED) is 0.827. The molecule has 0 aliphatic heterocycles. The van der Waals surface area contributed by atoms with E-state index in [2.05, 4.69) is 33.8 Å². The molecule has 0 spiro atoms. The van der Waals surface area contributed by atoms with Gasteiger partial charge in [-0.25, -0.2) is 0 Å². The summed E-state index contributed by atoms with van der Waals surface area (Å²) in [6, 6.07) is 12.1. The number of benzene rings is 2. The molecule has 0 saturated carbocycles. The van der Waals surface area contributed by atoms with Gasteiger partial charge in [0.25, 0.3) is 0 Å². The third-order valence-corrected chi connectivity index (χ3v) is 3.18. The zero-order valence-electron chi connectivity index (χ0n) is 9.57. The Morgan fingerprint density at radius 1 is 1.18 bits per heavy atom. The van der Waals surface area contributed by atoms with Crippen LogP contribution >= 0.6 is 15.9 Å². The molecule has 86 valence electrons. The summed E-state index contributed by atoms with van der Waals surface area (Å²) in [5.41, 5.74) is 0.919. The topological polar surface area (TPSA) is 20.2 Å². The predicted octanol–water partition coefficient (Wildman–Crippen LogP) is 4.05. The first-order valence-electron chi connectivity index (χ1n) is 5.47. The van der Waals surface area contributed by atoms with Gasteiger partial charge in [0.15, 0.2) is 0 Å². The van der Waals surface area contributed by atoms with Crippen LogP contribution in [0.15, 0.2) is 40.9 Å². The molecule has 1 unspecified atom stereocenters. The van der Waals surface area contributed by atoms with Crippen molar-refractivity contribution >= 4 is 26.7 Å². The van der Waals surface area contributed by atoms with Crippen molar-refractivity contribution in [3.63, 3.8) is 0 Å². The molecule has 17 heavy (non-hydrogen) atoms. The summed E-state index contributed by atoms with van der Waals surface area (Å²) in [4.78, 5) is 0. The maximum atomic E-state index is 9.95. The molecular weight excluding hydrogens is 276 g/mol. The number of hydrogen-bond donors (Lipinski definition) is 1. The summed E-state index contributed by atoms with van der Waals surface area (Å²) in [5, 5.41) is 12.3. The van der Waals surface area contributed by atoms with Gasteiger partial charge >= 0.3 is 0 Å². The molecule has 0 heterocycles. The zero-order chi connectivity index (χ0) is 12.3. The molecule has 1 N–H and O–H groups in total. The van der Waals surface area contributed by atoms with Gasteiger partial charge < -0.3 is 5.11 Å². The number of aliphatic hydroxyl groups excluding tert-OH is 1. The fourth-order valence-electron chi connectivity index (χ4n) is 1.76. The lowest BCUT2D eigenvalue weighted by Gasteiger charge is -2.09. The van der Waals surface area contributed by atoms with Gasteiger partial charge in [-0.05, 0) is 41.5 Å². The van der Waals surface area contributed by atoms with E-state index in [0.29, 0.717) is 6.42 Å². The number of halogens is 1. The van der Waals surface area contributed by atoms with Crippen molar-refractivity contribution in [2.24, 2.45) is 0 Å². The molecule has 2 rings (SSSR count). The molecule has 2 aromatic rings. The second-order valence-electron chi connectivity index (χ2n) is 3.90. The van der Waals surface area contributed by atoms with Crippen molar-refractivity contribution < 1.29 is 5.11 Å². The predicted molar refractivity (Wildman–Crippen MR) is 74.7 cm³/mol. The Balaban J connectivity index is 2.36. The van der Waals surface area contributed by atoms with E-state index in [1.807, 2.05) is 30.3 Å². The van der Waals surface area contributed by atoms with E-state index < -0.39 is 6.10 Å². The van der Waals surface area contributed by atoms with E-state index in [1.165, 1.54) is 0 Å². The monoisotopic (exact) mass is 288 g/mol. The summed E-state index contributed by atoms with van der Waals surface area (Å²) in [7, 11) is 0. The Kier molecular flexibility index (Phi) is 3.83. The second-order valence-corrected chi connectivity index (χ2v) is 4.81. The van der Waals surface area contributed by atoms with E-state index in [4.69, 9.17) is 0 Å². The first kappa shape index (κ1) is 12.2. The number of fused-ring (bicyclic) bond motifs is 1. The lowest BCUT2D eigenvalue weighted by atomic mass is 10.0. The molecule has 2 heteroatoms. The minimum Gasteiger partial charge on any atom is -0.387 e. The van der Waals surface area contributed by atoms with Crippen molar-refractivity contribution in [2.75, 3.05) is 0 Å². The number of rotatable bonds is 2. The van der Waals surface area contributed by atoms with Crippen LogP contribution < -0.4 is 0 Å². The summed E-state index contributed by atoms with van der Waals surface area (Å²) in [6.07, 6.45) is -0.0195.